The molecule has 0 aliphatic rings. The van der Waals surface area contributed by atoms with Gasteiger partial charge in [-0.25, -0.2) is 0 Å². The highest BCUT2D eigenvalue weighted by Gasteiger charge is 2.01. The lowest BCUT2D eigenvalue weighted by atomic mass is 10.1. The third kappa shape index (κ3) is 5.31. The molecule has 0 aromatic heterocycles. The summed E-state index contributed by atoms with van der Waals surface area (Å²) in [6, 6.07) is 8.47. The van der Waals surface area contributed by atoms with Crippen molar-refractivity contribution in [2.45, 2.75) is 33.1 Å². The van der Waals surface area contributed by atoms with Gasteiger partial charge in [0.1, 0.15) is 5.76 Å². The molecule has 0 bridgehead atoms. The molecule has 0 heterocycles. The summed E-state index contributed by atoms with van der Waals surface area (Å²) in [5.41, 5.74) is 2.43. The largest absolute Gasteiger partial charge is 0.492 e. The number of rotatable bonds is 7. The first-order valence-electron chi connectivity index (χ1n) is 6.28. The highest BCUT2D eigenvalue weighted by atomic mass is 32.1. The summed E-state index contributed by atoms with van der Waals surface area (Å²) < 4.78 is 5.75. The van der Waals surface area contributed by atoms with Crippen LogP contribution in [0.5, 0.6) is 0 Å². The number of benzene rings is 1. The first-order valence-corrected chi connectivity index (χ1v) is 6.92. The van der Waals surface area contributed by atoms with Crippen LogP contribution in [-0.2, 0) is 4.74 Å². The Morgan fingerprint density at radius 2 is 2.00 bits per heavy atom. The van der Waals surface area contributed by atoms with Gasteiger partial charge in [-0.1, -0.05) is 43.2 Å². The van der Waals surface area contributed by atoms with Crippen LogP contribution in [-0.4, -0.2) is 12.4 Å². The lowest BCUT2D eigenvalue weighted by molar-refractivity contribution is 0.301. The Labute approximate surface area is 110 Å². The van der Waals surface area contributed by atoms with Crippen molar-refractivity contribution in [3.63, 3.8) is 0 Å². The minimum Gasteiger partial charge on any atom is -0.492 e. The van der Waals surface area contributed by atoms with Gasteiger partial charge in [0.2, 0.25) is 0 Å². The molecule has 1 aromatic rings. The van der Waals surface area contributed by atoms with Crippen molar-refractivity contribution in [3.8, 4) is 0 Å². The van der Waals surface area contributed by atoms with E-state index < -0.39 is 0 Å². The molecule has 0 unspecified atom stereocenters. The van der Waals surface area contributed by atoms with Gasteiger partial charge in [-0.3, -0.25) is 0 Å². The molecule has 1 aromatic carbocycles. The summed E-state index contributed by atoms with van der Waals surface area (Å²) in [5, 5.41) is 0. The van der Waals surface area contributed by atoms with Gasteiger partial charge < -0.3 is 4.74 Å². The summed E-state index contributed by atoms with van der Waals surface area (Å²) in [6.45, 7) is 4.96. The fraction of sp³-hybridized carbons (Fsp3) is 0.467. The zero-order valence-corrected chi connectivity index (χ0v) is 11.7. The monoisotopic (exact) mass is 250 g/mol. The predicted octanol–water partition coefficient (Wildman–Crippen LogP) is 4.47. The minimum absolute atomic E-state index is 0.662. The summed E-state index contributed by atoms with van der Waals surface area (Å²) in [5.74, 6) is 1.74. The van der Waals surface area contributed by atoms with E-state index in [0.717, 1.165) is 23.5 Å². The summed E-state index contributed by atoms with van der Waals surface area (Å²) >= 11 is 4.18. The second-order valence-electron chi connectivity index (χ2n) is 4.15. The third-order valence-electron chi connectivity index (χ3n) is 2.57. The lowest BCUT2D eigenvalue weighted by Crippen LogP contribution is -1.96. The van der Waals surface area contributed by atoms with Crippen LogP contribution in [0.1, 0.15) is 37.3 Å². The normalized spacial score (nSPS) is 11.6. The molecule has 0 fully saturated rings. The van der Waals surface area contributed by atoms with Crippen molar-refractivity contribution in [1.29, 1.82) is 0 Å². The van der Waals surface area contributed by atoms with Gasteiger partial charge in [0.05, 0.1) is 6.61 Å². The summed E-state index contributed by atoms with van der Waals surface area (Å²) in [7, 11) is 0. The van der Waals surface area contributed by atoms with Gasteiger partial charge in [0, 0.05) is 11.3 Å². The zero-order valence-electron chi connectivity index (χ0n) is 10.8. The van der Waals surface area contributed by atoms with Crippen LogP contribution in [0.3, 0.4) is 0 Å². The van der Waals surface area contributed by atoms with E-state index in [1.54, 1.807) is 0 Å². The Morgan fingerprint density at radius 1 is 1.29 bits per heavy atom. The Hall–Kier alpha value is -0.890. The number of aryl methyl sites for hydroxylation is 1. The number of hydrogen-bond donors (Lipinski definition) is 1. The molecule has 1 rings (SSSR count). The van der Waals surface area contributed by atoms with Crippen LogP contribution in [0.15, 0.2) is 30.3 Å². The molecule has 0 amide bonds. The molecule has 94 valence electrons. The first kappa shape index (κ1) is 14.2. The van der Waals surface area contributed by atoms with Crippen LogP contribution in [0.4, 0.5) is 0 Å². The quantitative estimate of drug-likeness (QED) is 0.427. The average molecular weight is 250 g/mol. The van der Waals surface area contributed by atoms with E-state index in [9.17, 15) is 0 Å². The first-order chi connectivity index (χ1) is 8.27. The number of thiol groups is 1. The van der Waals surface area contributed by atoms with Gasteiger partial charge in [0.15, 0.2) is 0 Å². The van der Waals surface area contributed by atoms with Crippen LogP contribution in [0.2, 0.25) is 0 Å². The molecular weight excluding hydrogens is 228 g/mol. The molecule has 0 aliphatic heterocycles. The topological polar surface area (TPSA) is 9.23 Å². The molecule has 17 heavy (non-hydrogen) atoms. The zero-order chi connectivity index (χ0) is 12.5. The van der Waals surface area contributed by atoms with Gasteiger partial charge in [-0.05, 0) is 25.8 Å². The van der Waals surface area contributed by atoms with E-state index in [1.807, 2.05) is 0 Å². The van der Waals surface area contributed by atoms with Crippen LogP contribution in [0.25, 0.3) is 5.76 Å². The van der Waals surface area contributed by atoms with E-state index in [2.05, 4.69) is 56.8 Å². The molecular formula is C15H22OS. The van der Waals surface area contributed by atoms with E-state index >= 15 is 0 Å². The molecule has 0 aliphatic carbocycles. The number of hydrogen-bond acceptors (Lipinski definition) is 2. The highest BCUT2D eigenvalue weighted by molar-refractivity contribution is 7.80. The average Bonchev–Trinajstić information content (AvgIpc) is 2.35. The number of ether oxygens (including phenoxy) is 1. The van der Waals surface area contributed by atoms with Crippen molar-refractivity contribution in [3.05, 3.63) is 41.5 Å². The molecule has 0 spiro atoms. The SMILES string of the molecule is CCCC/C=C(\OCCS)c1ccc(C)cc1. The fourth-order valence-electron chi connectivity index (χ4n) is 1.57. The highest BCUT2D eigenvalue weighted by Crippen LogP contribution is 2.18. The number of allylic oxidation sites excluding steroid dienone is 1. The summed E-state index contributed by atoms with van der Waals surface area (Å²) in [6.07, 6.45) is 5.69. The third-order valence-corrected chi connectivity index (χ3v) is 2.75. The molecule has 2 heteroatoms. The molecule has 0 atom stereocenters. The van der Waals surface area contributed by atoms with E-state index in [0.29, 0.717) is 6.61 Å². The molecule has 0 saturated carbocycles. The lowest BCUT2D eigenvalue weighted by Gasteiger charge is -2.10. The van der Waals surface area contributed by atoms with Gasteiger partial charge >= 0.3 is 0 Å². The van der Waals surface area contributed by atoms with Gasteiger partial charge in [-0.15, -0.1) is 0 Å². The summed E-state index contributed by atoms with van der Waals surface area (Å²) in [4.78, 5) is 0. The Morgan fingerprint density at radius 3 is 2.59 bits per heavy atom. The molecule has 0 N–H and O–H groups in total. The van der Waals surface area contributed by atoms with Crippen LogP contribution in [0, 0.1) is 6.92 Å². The number of unbranched alkanes of at least 4 members (excludes halogenated alkanes) is 2. The fourth-order valence-corrected chi connectivity index (χ4v) is 1.66. The second kappa shape index (κ2) is 8.24. The van der Waals surface area contributed by atoms with E-state index in [-0.39, 0.29) is 0 Å². The maximum Gasteiger partial charge on any atom is 0.122 e. The van der Waals surface area contributed by atoms with Crippen LogP contribution >= 0.6 is 12.6 Å². The minimum atomic E-state index is 0.662. The van der Waals surface area contributed by atoms with Crippen LogP contribution < -0.4 is 0 Å². The second-order valence-corrected chi connectivity index (χ2v) is 4.60. The van der Waals surface area contributed by atoms with Gasteiger partial charge in [-0.2, -0.15) is 12.6 Å². The van der Waals surface area contributed by atoms with Crippen molar-refractivity contribution in [1.82, 2.24) is 0 Å². The maximum absolute atomic E-state index is 5.75. The Balaban J connectivity index is 2.74. The predicted molar refractivity (Wildman–Crippen MR) is 78.5 cm³/mol. The van der Waals surface area contributed by atoms with Crippen molar-refractivity contribution < 1.29 is 4.74 Å². The van der Waals surface area contributed by atoms with E-state index in [4.69, 9.17) is 4.74 Å². The molecule has 0 radical (unpaired) electrons. The standard InChI is InChI=1S/C15H22OS/c1-3-4-5-6-15(16-11-12-17)14-9-7-13(2)8-10-14/h6-10,17H,3-5,11-12H2,1-2H3/b15-6-. The van der Waals surface area contributed by atoms with Crippen molar-refractivity contribution >= 4 is 18.4 Å². The molecule has 0 saturated heterocycles. The maximum atomic E-state index is 5.75. The molecule has 1 nitrogen and oxygen atoms in total. The van der Waals surface area contributed by atoms with Crippen molar-refractivity contribution in [2.75, 3.05) is 12.4 Å². The Kier molecular flexibility index (Phi) is 6.87. The smallest absolute Gasteiger partial charge is 0.122 e. The van der Waals surface area contributed by atoms with Crippen molar-refractivity contribution in [2.24, 2.45) is 0 Å². The Bertz CT molecular complexity index is 340. The van der Waals surface area contributed by atoms with E-state index in [1.165, 1.54) is 18.4 Å². The van der Waals surface area contributed by atoms with Gasteiger partial charge in [0.25, 0.3) is 0 Å².